The molecular formula is C24H25N5O. The number of fused-ring (bicyclic) bond motifs is 3. The number of piperidine rings is 1. The fourth-order valence-corrected chi connectivity index (χ4v) is 4.67. The first-order valence-electron chi connectivity index (χ1n) is 10.5. The van der Waals surface area contributed by atoms with Crippen LogP contribution in [0.4, 0.5) is 11.5 Å². The van der Waals surface area contributed by atoms with Crippen molar-refractivity contribution in [1.29, 1.82) is 5.26 Å². The summed E-state index contributed by atoms with van der Waals surface area (Å²) >= 11 is 0. The zero-order valence-corrected chi connectivity index (χ0v) is 17.5. The number of nitriles is 1. The number of nitrogens with zero attached hydrogens (tertiary/aromatic N) is 4. The SMILES string of the molecule is Cc1c(C#N)cccc1[C@@H](C)Nc1nnc(C)c2ccc(N3CC4CC(C3)O4)cc12. The molecule has 152 valence electrons. The maximum atomic E-state index is 9.36. The van der Waals surface area contributed by atoms with E-state index in [9.17, 15) is 5.26 Å². The highest BCUT2D eigenvalue weighted by molar-refractivity contribution is 5.95. The standard InChI is InChI=1S/C24H25N5O/c1-14-17(11-25)5-4-6-21(14)15(2)26-24-23-9-18(7-8-22(23)16(3)27-28-24)29-12-19-10-20(13-29)30-19/h4-9,15,19-20H,10,12-13H2,1-3H3,(H,26,28)/t15-,19?,20?/m1/s1. The van der Waals surface area contributed by atoms with Gasteiger partial charge in [-0.3, -0.25) is 0 Å². The number of anilines is 2. The van der Waals surface area contributed by atoms with E-state index in [1.165, 1.54) is 12.1 Å². The normalized spacial score (nSPS) is 21.1. The Kier molecular flexibility index (Phi) is 4.56. The molecule has 0 spiro atoms. The van der Waals surface area contributed by atoms with Gasteiger partial charge in [0.15, 0.2) is 5.82 Å². The molecule has 0 aliphatic carbocycles. The highest BCUT2D eigenvalue weighted by Gasteiger charge is 2.38. The molecule has 6 rings (SSSR count). The van der Waals surface area contributed by atoms with Crippen LogP contribution in [0.3, 0.4) is 0 Å². The fourth-order valence-electron chi connectivity index (χ4n) is 4.67. The Morgan fingerprint density at radius 1 is 1.13 bits per heavy atom. The Balaban J connectivity index is 1.50. The van der Waals surface area contributed by atoms with E-state index in [0.717, 1.165) is 46.5 Å². The van der Waals surface area contributed by atoms with Crippen molar-refractivity contribution in [3.63, 3.8) is 0 Å². The summed E-state index contributed by atoms with van der Waals surface area (Å²) in [6.07, 6.45) is 1.91. The van der Waals surface area contributed by atoms with Gasteiger partial charge in [0.25, 0.3) is 0 Å². The molecule has 0 radical (unpaired) electrons. The summed E-state index contributed by atoms with van der Waals surface area (Å²) < 4.78 is 5.79. The van der Waals surface area contributed by atoms with Crippen LogP contribution in [0.1, 0.15) is 41.8 Å². The van der Waals surface area contributed by atoms with Gasteiger partial charge in [-0.2, -0.15) is 10.4 Å². The lowest BCUT2D eigenvalue weighted by molar-refractivity contribution is -0.133. The van der Waals surface area contributed by atoms with E-state index in [0.29, 0.717) is 17.8 Å². The van der Waals surface area contributed by atoms with Crippen molar-refractivity contribution < 1.29 is 4.74 Å². The molecule has 2 aromatic carbocycles. The van der Waals surface area contributed by atoms with E-state index in [1.54, 1.807) is 0 Å². The van der Waals surface area contributed by atoms with E-state index in [4.69, 9.17) is 4.74 Å². The largest absolute Gasteiger partial charge is 0.371 e. The summed E-state index contributed by atoms with van der Waals surface area (Å²) in [5, 5.41) is 23.9. The lowest BCUT2D eigenvalue weighted by Crippen LogP contribution is -2.57. The van der Waals surface area contributed by atoms with Gasteiger partial charge in [-0.25, -0.2) is 0 Å². The Morgan fingerprint density at radius 2 is 1.90 bits per heavy atom. The molecule has 6 heteroatoms. The number of rotatable bonds is 4. The highest BCUT2D eigenvalue weighted by atomic mass is 16.5. The first-order chi connectivity index (χ1) is 14.5. The second-order valence-electron chi connectivity index (χ2n) is 8.38. The molecule has 2 unspecified atom stereocenters. The monoisotopic (exact) mass is 399 g/mol. The van der Waals surface area contributed by atoms with Crippen LogP contribution in [0, 0.1) is 25.2 Å². The van der Waals surface area contributed by atoms with Crippen LogP contribution in [0.2, 0.25) is 0 Å². The van der Waals surface area contributed by atoms with Crippen LogP contribution < -0.4 is 10.2 Å². The molecule has 3 aliphatic rings. The minimum atomic E-state index is -0.00167. The lowest BCUT2D eigenvalue weighted by Gasteiger charge is -2.48. The predicted octanol–water partition coefficient (Wildman–Crippen LogP) is 4.27. The van der Waals surface area contributed by atoms with Crippen LogP contribution in [-0.4, -0.2) is 35.5 Å². The van der Waals surface area contributed by atoms with Gasteiger partial charge in [0.05, 0.1) is 35.6 Å². The summed E-state index contributed by atoms with van der Waals surface area (Å²) in [4.78, 5) is 2.41. The third kappa shape index (κ3) is 3.16. The zero-order valence-electron chi connectivity index (χ0n) is 17.5. The van der Waals surface area contributed by atoms with Gasteiger partial charge in [-0.05, 0) is 50.1 Å². The number of aryl methyl sites for hydroxylation is 1. The van der Waals surface area contributed by atoms with Crippen molar-refractivity contribution >= 4 is 22.3 Å². The minimum Gasteiger partial charge on any atom is -0.371 e. The second-order valence-corrected chi connectivity index (χ2v) is 8.38. The number of morpholine rings is 1. The van der Waals surface area contributed by atoms with Gasteiger partial charge in [0, 0.05) is 36.0 Å². The van der Waals surface area contributed by atoms with E-state index in [2.05, 4.69) is 57.7 Å². The smallest absolute Gasteiger partial charge is 0.157 e. The molecule has 0 saturated carbocycles. The van der Waals surface area contributed by atoms with Gasteiger partial charge in [-0.1, -0.05) is 18.2 Å². The molecule has 3 aromatic rings. The lowest BCUT2D eigenvalue weighted by atomic mass is 9.97. The maximum Gasteiger partial charge on any atom is 0.157 e. The Labute approximate surface area is 176 Å². The van der Waals surface area contributed by atoms with Crippen molar-refractivity contribution in [2.45, 2.75) is 45.4 Å². The molecule has 3 fully saturated rings. The molecule has 6 nitrogen and oxygen atoms in total. The molecule has 3 saturated heterocycles. The molecule has 1 N–H and O–H groups in total. The molecule has 3 aliphatic heterocycles. The van der Waals surface area contributed by atoms with E-state index in [1.807, 2.05) is 26.0 Å². The molecular weight excluding hydrogens is 374 g/mol. The average molecular weight is 399 g/mol. The van der Waals surface area contributed by atoms with Crippen LogP contribution in [0.25, 0.3) is 10.8 Å². The minimum absolute atomic E-state index is 0.00167. The van der Waals surface area contributed by atoms with Crippen LogP contribution >= 0.6 is 0 Å². The molecule has 0 amide bonds. The number of hydrogen-bond acceptors (Lipinski definition) is 6. The highest BCUT2D eigenvalue weighted by Crippen LogP contribution is 2.35. The number of nitrogens with one attached hydrogen (secondary N) is 1. The maximum absolute atomic E-state index is 9.36. The van der Waals surface area contributed by atoms with Gasteiger partial charge in [0.2, 0.25) is 0 Å². The average Bonchev–Trinajstić information content (AvgIpc) is 2.75. The molecule has 30 heavy (non-hydrogen) atoms. The Hall–Kier alpha value is -3.17. The quantitative estimate of drug-likeness (QED) is 0.706. The first-order valence-corrected chi connectivity index (χ1v) is 10.5. The summed E-state index contributed by atoms with van der Waals surface area (Å²) in [5.74, 6) is 0.769. The topological polar surface area (TPSA) is 74.1 Å². The Morgan fingerprint density at radius 3 is 2.63 bits per heavy atom. The fraction of sp³-hybridized carbons (Fsp3) is 0.375. The number of benzene rings is 2. The summed E-state index contributed by atoms with van der Waals surface area (Å²) in [7, 11) is 0. The third-order valence-electron chi connectivity index (χ3n) is 6.39. The summed E-state index contributed by atoms with van der Waals surface area (Å²) in [5.41, 5.74) is 4.91. The van der Waals surface area contributed by atoms with Crippen molar-refractivity contribution in [3.05, 3.63) is 58.8 Å². The van der Waals surface area contributed by atoms with Crippen molar-refractivity contribution in [2.75, 3.05) is 23.3 Å². The second kappa shape index (κ2) is 7.26. The van der Waals surface area contributed by atoms with Crippen LogP contribution in [0.15, 0.2) is 36.4 Å². The number of aromatic nitrogens is 2. The van der Waals surface area contributed by atoms with Gasteiger partial charge in [0.1, 0.15) is 0 Å². The molecule has 3 atom stereocenters. The van der Waals surface area contributed by atoms with Gasteiger partial charge in [-0.15, -0.1) is 5.10 Å². The molecule has 1 aromatic heterocycles. The summed E-state index contributed by atoms with van der Waals surface area (Å²) in [6, 6.07) is 14.7. The van der Waals surface area contributed by atoms with Crippen molar-refractivity contribution in [1.82, 2.24) is 10.2 Å². The Bertz CT molecular complexity index is 1150. The zero-order chi connectivity index (χ0) is 20.8. The van der Waals surface area contributed by atoms with E-state index < -0.39 is 0 Å². The van der Waals surface area contributed by atoms with Crippen LogP contribution in [0.5, 0.6) is 0 Å². The van der Waals surface area contributed by atoms with Gasteiger partial charge < -0.3 is 15.0 Å². The number of ether oxygens (including phenoxy) is 1. The third-order valence-corrected chi connectivity index (χ3v) is 6.39. The first kappa shape index (κ1) is 18.8. The van der Waals surface area contributed by atoms with Crippen molar-refractivity contribution in [2.24, 2.45) is 0 Å². The summed E-state index contributed by atoms with van der Waals surface area (Å²) in [6.45, 7) is 7.97. The molecule has 4 heterocycles. The number of hydrogen-bond donors (Lipinski definition) is 1. The van der Waals surface area contributed by atoms with Gasteiger partial charge >= 0.3 is 0 Å². The van der Waals surface area contributed by atoms with Crippen molar-refractivity contribution in [3.8, 4) is 6.07 Å². The van der Waals surface area contributed by atoms with Crippen LogP contribution in [-0.2, 0) is 4.74 Å². The predicted molar refractivity (Wildman–Crippen MR) is 118 cm³/mol. The van der Waals surface area contributed by atoms with E-state index >= 15 is 0 Å². The molecule has 2 bridgehead atoms. The van der Waals surface area contributed by atoms with E-state index in [-0.39, 0.29) is 6.04 Å².